The van der Waals surface area contributed by atoms with Crippen LogP contribution in [-0.2, 0) is 4.79 Å². The van der Waals surface area contributed by atoms with Crippen molar-refractivity contribution in [2.75, 3.05) is 18.8 Å². The number of nitro groups is 1. The fourth-order valence-electron chi connectivity index (χ4n) is 3.62. The number of para-hydroxylation sites is 1. The number of thioether (sulfide) groups is 1. The molecule has 29 heavy (non-hydrogen) atoms. The summed E-state index contributed by atoms with van der Waals surface area (Å²) in [6.45, 7) is 1.64. The van der Waals surface area contributed by atoms with Crippen molar-refractivity contribution in [3.8, 4) is 5.69 Å². The van der Waals surface area contributed by atoms with E-state index in [-0.39, 0.29) is 11.6 Å². The predicted molar refractivity (Wildman–Crippen MR) is 113 cm³/mol. The number of nitro benzene ring substituents is 1. The van der Waals surface area contributed by atoms with Crippen molar-refractivity contribution >= 4 is 34.4 Å². The first kappa shape index (κ1) is 19.4. The Labute approximate surface area is 172 Å². The normalized spacial score (nSPS) is 14.7. The van der Waals surface area contributed by atoms with Gasteiger partial charge in [-0.3, -0.25) is 19.5 Å². The Bertz CT molecular complexity index is 1030. The maximum Gasteiger partial charge on any atom is 0.271 e. The number of carbonyl (C=O) groups is 1. The molecule has 7 nitrogen and oxygen atoms in total. The standard InChI is InChI=1S/C21H22N4O3S/c26-20(23-12-6-1-2-7-13-23)15-29-21-22-18-14-17(25(27)28)10-11-19(18)24(21)16-8-4-3-5-9-16/h3-5,8-11,14H,1-2,6-7,12-13,15H2. The monoisotopic (exact) mass is 410 g/mol. The average Bonchev–Trinajstić information content (AvgIpc) is 2.89. The van der Waals surface area contributed by atoms with Crippen LogP contribution in [0.2, 0.25) is 0 Å². The average molecular weight is 410 g/mol. The highest BCUT2D eigenvalue weighted by Gasteiger charge is 2.20. The van der Waals surface area contributed by atoms with Crippen molar-refractivity contribution in [2.45, 2.75) is 30.8 Å². The largest absolute Gasteiger partial charge is 0.342 e. The van der Waals surface area contributed by atoms with E-state index in [0.717, 1.165) is 37.1 Å². The molecule has 0 aliphatic carbocycles. The number of hydrogen-bond acceptors (Lipinski definition) is 5. The summed E-state index contributed by atoms with van der Waals surface area (Å²) in [6, 6.07) is 14.4. The second kappa shape index (κ2) is 8.65. The van der Waals surface area contributed by atoms with Crippen LogP contribution in [-0.4, -0.2) is 44.1 Å². The fraction of sp³-hybridized carbons (Fsp3) is 0.333. The number of carbonyl (C=O) groups excluding carboxylic acids is 1. The van der Waals surface area contributed by atoms with Crippen LogP contribution >= 0.6 is 11.8 Å². The Morgan fingerprint density at radius 2 is 1.79 bits per heavy atom. The molecule has 1 amide bonds. The molecule has 1 fully saturated rings. The Kier molecular flexibility index (Phi) is 5.80. The molecule has 0 spiro atoms. The van der Waals surface area contributed by atoms with Gasteiger partial charge in [-0.05, 0) is 31.0 Å². The second-order valence-corrected chi connectivity index (χ2v) is 8.02. The number of rotatable bonds is 5. The first-order chi connectivity index (χ1) is 14.1. The predicted octanol–water partition coefficient (Wildman–Crippen LogP) is 4.43. The van der Waals surface area contributed by atoms with E-state index in [9.17, 15) is 14.9 Å². The van der Waals surface area contributed by atoms with Gasteiger partial charge in [-0.1, -0.05) is 42.8 Å². The topological polar surface area (TPSA) is 81.3 Å². The zero-order valence-electron chi connectivity index (χ0n) is 16.0. The summed E-state index contributed by atoms with van der Waals surface area (Å²) in [5, 5.41) is 11.8. The van der Waals surface area contributed by atoms with Crippen molar-refractivity contribution in [3.05, 3.63) is 58.6 Å². The maximum atomic E-state index is 12.7. The van der Waals surface area contributed by atoms with Crippen LogP contribution in [0.3, 0.4) is 0 Å². The molecule has 3 aromatic rings. The zero-order chi connectivity index (χ0) is 20.2. The molecule has 2 heterocycles. The van der Waals surface area contributed by atoms with Crippen LogP contribution in [0.4, 0.5) is 5.69 Å². The van der Waals surface area contributed by atoms with Gasteiger partial charge in [0.2, 0.25) is 5.91 Å². The smallest absolute Gasteiger partial charge is 0.271 e. The molecule has 1 aliphatic heterocycles. The molecular weight excluding hydrogens is 388 g/mol. The maximum absolute atomic E-state index is 12.7. The van der Waals surface area contributed by atoms with E-state index in [2.05, 4.69) is 4.98 Å². The van der Waals surface area contributed by atoms with Gasteiger partial charge < -0.3 is 4.90 Å². The number of amides is 1. The van der Waals surface area contributed by atoms with Gasteiger partial charge >= 0.3 is 0 Å². The number of aromatic nitrogens is 2. The Morgan fingerprint density at radius 3 is 2.48 bits per heavy atom. The first-order valence-electron chi connectivity index (χ1n) is 9.76. The van der Waals surface area contributed by atoms with Crippen molar-refractivity contribution in [1.29, 1.82) is 0 Å². The molecule has 150 valence electrons. The van der Waals surface area contributed by atoms with E-state index < -0.39 is 4.92 Å². The van der Waals surface area contributed by atoms with Gasteiger partial charge in [-0.15, -0.1) is 0 Å². The van der Waals surface area contributed by atoms with E-state index in [1.54, 1.807) is 6.07 Å². The van der Waals surface area contributed by atoms with Gasteiger partial charge in [0, 0.05) is 30.9 Å². The number of fused-ring (bicyclic) bond motifs is 1. The molecule has 8 heteroatoms. The SMILES string of the molecule is O=C(CSc1nc2cc([N+](=O)[O-])ccc2n1-c1ccccc1)N1CCCCCC1. The van der Waals surface area contributed by atoms with Crippen molar-refractivity contribution in [3.63, 3.8) is 0 Å². The lowest BCUT2D eigenvalue weighted by Gasteiger charge is -2.20. The molecule has 0 saturated carbocycles. The molecule has 0 N–H and O–H groups in total. The lowest BCUT2D eigenvalue weighted by atomic mass is 10.2. The Morgan fingerprint density at radius 1 is 1.07 bits per heavy atom. The molecule has 1 saturated heterocycles. The Hall–Kier alpha value is -2.87. The van der Waals surface area contributed by atoms with Crippen molar-refractivity contribution in [1.82, 2.24) is 14.5 Å². The third-order valence-corrected chi connectivity index (χ3v) is 6.04. The van der Waals surface area contributed by atoms with Gasteiger partial charge in [-0.25, -0.2) is 4.98 Å². The summed E-state index contributed by atoms with van der Waals surface area (Å²) in [5.74, 6) is 0.424. The lowest BCUT2D eigenvalue weighted by Crippen LogP contribution is -2.33. The third kappa shape index (κ3) is 4.27. The number of benzene rings is 2. The summed E-state index contributed by atoms with van der Waals surface area (Å²) in [5.41, 5.74) is 2.25. The molecule has 0 radical (unpaired) electrons. The summed E-state index contributed by atoms with van der Waals surface area (Å²) in [4.78, 5) is 30.0. The van der Waals surface area contributed by atoms with E-state index in [1.807, 2.05) is 39.8 Å². The highest BCUT2D eigenvalue weighted by molar-refractivity contribution is 7.99. The number of imidazole rings is 1. The van der Waals surface area contributed by atoms with Crippen LogP contribution in [0.15, 0.2) is 53.7 Å². The molecule has 0 atom stereocenters. The van der Waals surface area contributed by atoms with E-state index in [0.29, 0.717) is 16.4 Å². The van der Waals surface area contributed by atoms with Gasteiger partial charge in [0.25, 0.3) is 5.69 Å². The van der Waals surface area contributed by atoms with E-state index in [1.165, 1.54) is 36.7 Å². The number of non-ortho nitro benzene ring substituents is 1. The number of nitrogens with zero attached hydrogens (tertiary/aromatic N) is 4. The molecule has 1 aliphatic rings. The minimum atomic E-state index is -0.420. The van der Waals surface area contributed by atoms with Gasteiger partial charge in [0.15, 0.2) is 5.16 Å². The minimum absolute atomic E-state index is 0.00686. The van der Waals surface area contributed by atoms with Crippen LogP contribution < -0.4 is 0 Å². The molecule has 4 rings (SSSR count). The summed E-state index contributed by atoms with van der Waals surface area (Å²) in [7, 11) is 0. The molecular formula is C21H22N4O3S. The highest BCUT2D eigenvalue weighted by Crippen LogP contribution is 2.30. The van der Waals surface area contributed by atoms with Crippen molar-refractivity contribution < 1.29 is 9.72 Å². The molecule has 0 bridgehead atoms. The van der Waals surface area contributed by atoms with E-state index in [4.69, 9.17) is 0 Å². The quantitative estimate of drug-likeness (QED) is 0.353. The van der Waals surface area contributed by atoms with Crippen LogP contribution in [0, 0.1) is 10.1 Å². The third-order valence-electron chi connectivity index (χ3n) is 5.12. The summed E-state index contributed by atoms with van der Waals surface area (Å²) < 4.78 is 1.96. The van der Waals surface area contributed by atoms with E-state index >= 15 is 0 Å². The molecule has 2 aromatic carbocycles. The fourth-order valence-corrected chi connectivity index (χ4v) is 4.55. The number of likely N-dealkylation sites (tertiary alicyclic amines) is 1. The van der Waals surface area contributed by atoms with Crippen molar-refractivity contribution in [2.24, 2.45) is 0 Å². The molecule has 0 unspecified atom stereocenters. The highest BCUT2D eigenvalue weighted by atomic mass is 32.2. The zero-order valence-corrected chi connectivity index (χ0v) is 16.8. The van der Waals surface area contributed by atoms with Crippen LogP contribution in [0.1, 0.15) is 25.7 Å². The molecule has 1 aromatic heterocycles. The summed E-state index contributed by atoms with van der Waals surface area (Å²) >= 11 is 1.38. The second-order valence-electron chi connectivity index (χ2n) is 7.08. The Balaban J connectivity index is 1.65. The minimum Gasteiger partial charge on any atom is -0.342 e. The lowest BCUT2D eigenvalue weighted by molar-refractivity contribution is -0.384. The first-order valence-corrected chi connectivity index (χ1v) is 10.7. The van der Waals surface area contributed by atoms with Crippen LogP contribution in [0.5, 0.6) is 0 Å². The van der Waals surface area contributed by atoms with Gasteiger partial charge in [-0.2, -0.15) is 0 Å². The summed E-state index contributed by atoms with van der Waals surface area (Å²) in [6.07, 6.45) is 4.48. The van der Waals surface area contributed by atoms with Crippen LogP contribution in [0.25, 0.3) is 16.7 Å². The van der Waals surface area contributed by atoms with Gasteiger partial charge in [0.1, 0.15) is 0 Å². The number of hydrogen-bond donors (Lipinski definition) is 0. The van der Waals surface area contributed by atoms with Gasteiger partial charge in [0.05, 0.1) is 21.7 Å².